The molecule has 1 saturated carbocycles. The molecular formula is C25H39NO4. The van der Waals surface area contributed by atoms with E-state index in [0.717, 1.165) is 25.7 Å². The van der Waals surface area contributed by atoms with E-state index < -0.39 is 6.09 Å². The summed E-state index contributed by atoms with van der Waals surface area (Å²) in [6.45, 7) is 11.0. The minimum atomic E-state index is -0.391. The van der Waals surface area contributed by atoms with Crippen LogP contribution in [0.4, 0.5) is 4.79 Å². The Hall–Kier alpha value is -2.30. The lowest BCUT2D eigenvalue weighted by molar-refractivity contribution is -0.143. The Labute approximate surface area is 182 Å². The van der Waals surface area contributed by atoms with Crippen molar-refractivity contribution in [3.63, 3.8) is 0 Å². The van der Waals surface area contributed by atoms with Gasteiger partial charge in [-0.25, -0.2) is 4.79 Å². The highest BCUT2D eigenvalue weighted by atomic mass is 16.5. The molecule has 1 aliphatic carbocycles. The van der Waals surface area contributed by atoms with Gasteiger partial charge in [0.15, 0.2) is 0 Å². The van der Waals surface area contributed by atoms with Gasteiger partial charge >= 0.3 is 12.1 Å². The van der Waals surface area contributed by atoms with Crippen molar-refractivity contribution >= 4 is 12.1 Å². The molecule has 1 aliphatic rings. The molecule has 0 radical (unpaired) electrons. The Balaban J connectivity index is 2.52. The van der Waals surface area contributed by atoms with Gasteiger partial charge in [-0.2, -0.15) is 0 Å². The normalized spacial score (nSPS) is 24.1. The van der Waals surface area contributed by atoms with Crippen LogP contribution in [0.25, 0.3) is 0 Å². The molecule has 5 heteroatoms. The highest BCUT2D eigenvalue weighted by molar-refractivity contribution is 5.69. The summed E-state index contributed by atoms with van der Waals surface area (Å²) >= 11 is 0. The molecule has 0 saturated heterocycles. The molecule has 0 heterocycles. The van der Waals surface area contributed by atoms with Gasteiger partial charge in [0.2, 0.25) is 0 Å². The number of nitrogens with one attached hydrogen (secondary N) is 1. The summed E-state index contributed by atoms with van der Waals surface area (Å²) in [5.74, 6) is -0.179. The van der Waals surface area contributed by atoms with E-state index in [1.54, 1.807) is 6.08 Å². The lowest BCUT2D eigenvalue weighted by atomic mass is 9.61. The third kappa shape index (κ3) is 11.0. The summed E-state index contributed by atoms with van der Waals surface area (Å²) in [5, 5.41) is 3.02. The van der Waals surface area contributed by atoms with Crippen molar-refractivity contribution in [1.29, 1.82) is 0 Å². The summed E-state index contributed by atoms with van der Waals surface area (Å²) in [7, 11) is 0. The van der Waals surface area contributed by atoms with Crippen LogP contribution >= 0.6 is 0 Å². The molecule has 1 amide bonds. The molecular weight excluding hydrogens is 378 g/mol. The zero-order valence-electron chi connectivity index (χ0n) is 19.3. The third-order valence-electron chi connectivity index (χ3n) is 5.23. The van der Waals surface area contributed by atoms with Gasteiger partial charge in [-0.05, 0) is 62.5 Å². The molecule has 0 aliphatic heterocycles. The summed E-state index contributed by atoms with van der Waals surface area (Å²) in [5.41, 5.74) is 0.0429. The average molecular weight is 418 g/mol. The maximum atomic E-state index is 12.2. The second-order valence-electron chi connectivity index (χ2n) is 9.09. The molecule has 168 valence electrons. The van der Waals surface area contributed by atoms with Gasteiger partial charge in [-0.15, -0.1) is 0 Å². The number of hydrogen-bond acceptors (Lipinski definition) is 4. The molecule has 0 aromatic heterocycles. The fourth-order valence-electron chi connectivity index (χ4n) is 4.37. The lowest BCUT2D eigenvalue weighted by Gasteiger charge is -2.46. The number of carbonyl (C=O) groups is 2. The largest absolute Gasteiger partial charge is 0.461 e. The average Bonchev–Trinajstić information content (AvgIpc) is 2.64. The summed E-state index contributed by atoms with van der Waals surface area (Å²) < 4.78 is 10.5. The Morgan fingerprint density at radius 3 is 2.13 bits per heavy atom. The molecule has 1 fully saturated rings. The van der Waals surface area contributed by atoms with Gasteiger partial charge in [0.25, 0.3) is 0 Å². The first-order chi connectivity index (χ1) is 14.2. The standard InChI is InChI=1S/C25H39NO4/c1-6-8-10-12-16-29-22(27)14-15-25(5)19-21(18-24(3,4)20-25)26-23(28)30-17-13-11-9-7-2/h6-13,21H,14-20H2,1-5H3,(H,26,28)/b8-6+,9-7+,12-10+,13-11+. The van der Waals surface area contributed by atoms with Crippen LogP contribution in [-0.2, 0) is 14.3 Å². The lowest BCUT2D eigenvalue weighted by Crippen LogP contribution is -2.47. The van der Waals surface area contributed by atoms with Crippen molar-refractivity contribution in [2.45, 2.75) is 72.8 Å². The zero-order chi connectivity index (χ0) is 22.5. The number of hydrogen-bond donors (Lipinski definition) is 1. The first-order valence-electron chi connectivity index (χ1n) is 10.8. The molecule has 0 spiro atoms. The number of amides is 1. The predicted molar refractivity (Wildman–Crippen MR) is 122 cm³/mol. The van der Waals surface area contributed by atoms with E-state index in [1.165, 1.54) is 0 Å². The van der Waals surface area contributed by atoms with E-state index in [1.807, 2.05) is 56.4 Å². The van der Waals surface area contributed by atoms with Crippen LogP contribution in [0.2, 0.25) is 0 Å². The van der Waals surface area contributed by atoms with E-state index >= 15 is 0 Å². The van der Waals surface area contributed by atoms with Crippen LogP contribution in [0.1, 0.15) is 66.7 Å². The van der Waals surface area contributed by atoms with Crippen molar-refractivity contribution in [2.75, 3.05) is 13.2 Å². The zero-order valence-corrected chi connectivity index (χ0v) is 19.3. The van der Waals surface area contributed by atoms with Gasteiger partial charge < -0.3 is 14.8 Å². The Morgan fingerprint density at radius 2 is 1.53 bits per heavy atom. The smallest absolute Gasteiger partial charge is 0.407 e. The number of carbonyl (C=O) groups excluding carboxylic acids is 2. The molecule has 30 heavy (non-hydrogen) atoms. The van der Waals surface area contributed by atoms with Gasteiger partial charge in [-0.1, -0.05) is 57.2 Å². The van der Waals surface area contributed by atoms with Gasteiger partial charge in [0.05, 0.1) is 0 Å². The molecule has 1 rings (SSSR count). The molecule has 0 bridgehead atoms. The summed E-state index contributed by atoms with van der Waals surface area (Å²) in [6.07, 6.45) is 18.4. The van der Waals surface area contributed by atoms with Gasteiger partial charge in [-0.3, -0.25) is 4.79 Å². The van der Waals surface area contributed by atoms with Crippen molar-refractivity contribution in [3.05, 3.63) is 48.6 Å². The number of rotatable bonds is 10. The maximum absolute atomic E-state index is 12.2. The van der Waals surface area contributed by atoms with Crippen molar-refractivity contribution in [1.82, 2.24) is 5.32 Å². The number of esters is 1. The van der Waals surface area contributed by atoms with Gasteiger partial charge in [0.1, 0.15) is 13.2 Å². The SMILES string of the molecule is C/C=C/C=C/COC(=O)CCC1(C)CC(NC(=O)OC/C=C/C=C/C)CC(C)(C)C1. The highest BCUT2D eigenvalue weighted by Crippen LogP contribution is 2.48. The number of ether oxygens (including phenoxy) is 2. The molecule has 1 N–H and O–H groups in total. The second kappa shape index (κ2) is 13.1. The van der Waals surface area contributed by atoms with Crippen LogP contribution in [0.15, 0.2) is 48.6 Å². The fraction of sp³-hybridized carbons (Fsp3) is 0.600. The van der Waals surface area contributed by atoms with E-state index in [2.05, 4.69) is 26.1 Å². The molecule has 2 atom stereocenters. The molecule has 0 aromatic rings. The van der Waals surface area contributed by atoms with Crippen LogP contribution in [0.3, 0.4) is 0 Å². The van der Waals surface area contributed by atoms with Gasteiger partial charge in [0, 0.05) is 12.5 Å². The first kappa shape index (κ1) is 25.7. The molecule has 5 nitrogen and oxygen atoms in total. The molecule has 2 unspecified atom stereocenters. The Bertz CT molecular complexity index is 660. The maximum Gasteiger partial charge on any atom is 0.407 e. The number of allylic oxidation sites excluding steroid dienone is 6. The van der Waals surface area contributed by atoms with E-state index in [9.17, 15) is 9.59 Å². The van der Waals surface area contributed by atoms with Crippen molar-refractivity contribution in [2.24, 2.45) is 10.8 Å². The van der Waals surface area contributed by atoms with Crippen LogP contribution in [0, 0.1) is 10.8 Å². The fourth-order valence-corrected chi connectivity index (χ4v) is 4.37. The first-order valence-corrected chi connectivity index (χ1v) is 10.8. The predicted octanol–water partition coefficient (Wildman–Crippen LogP) is 5.89. The van der Waals surface area contributed by atoms with Crippen molar-refractivity contribution < 1.29 is 19.1 Å². The third-order valence-corrected chi connectivity index (χ3v) is 5.23. The summed E-state index contributed by atoms with van der Waals surface area (Å²) in [4.78, 5) is 24.3. The topological polar surface area (TPSA) is 64.6 Å². The second-order valence-corrected chi connectivity index (χ2v) is 9.09. The minimum absolute atomic E-state index is 0.0329. The monoisotopic (exact) mass is 417 g/mol. The molecule has 0 aromatic carbocycles. The van der Waals surface area contributed by atoms with E-state index in [0.29, 0.717) is 13.0 Å². The van der Waals surface area contributed by atoms with Crippen LogP contribution in [0.5, 0.6) is 0 Å². The number of alkyl carbamates (subject to hydrolysis) is 1. The Morgan fingerprint density at radius 1 is 0.933 bits per heavy atom. The summed E-state index contributed by atoms with van der Waals surface area (Å²) in [6, 6.07) is 0.0329. The van der Waals surface area contributed by atoms with Crippen LogP contribution < -0.4 is 5.32 Å². The quantitative estimate of drug-likeness (QED) is 0.356. The Kier molecular flexibility index (Phi) is 11.2. The van der Waals surface area contributed by atoms with Crippen molar-refractivity contribution in [3.8, 4) is 0 Å². The van der Waals surface area contributed by atoms with E-state index in [4.69, 9.17) is 9.47 Å². The van der Waals surface area contributed by atoms with Crippen LogP contribution in [-0.4, -0.2) is 31.3 Å². The highest BCUT2D eigenvalue weighted by Gasteiger charge is 2.41. The minimum Gasteiger partial charge on any atom is -0.461 e. The van der Waals surface area contributed by atoms with E-state index in [-0.39, 0.29) is 29.4 Å².